The van der Waals surface area contributed by atoms with Gasteiger partial charge in [-0.1, -0.05) is 12.1 Å². The van der Waals surface area contributed by atoms with Gasteiger partial charge in [-0.2, -0.15) is 0 Å². The minimum atomic E-state index is -0.153. The van der Waals surface area contributed by atoms with Gasteiger partial charge in [-0.25, -0.2) is 9.97 Å². The number of rotatable bonds is 8. The lowest BCUT2D eigenvalue weighted by Crippen LogP contribution is -2.29. The van der Waals surface area contributed by atoms with Gasteiger partial charge in [0, 0.05) is 52.4 Å². The number of fused-ring (bicyclic) bond motifs is 2. The second-order valence-electron chi connectivity index (χ2n) is 7.77. The maximum atomic E-state index is 12.7. The van der Waals surface area contributed by atoms with Crippen molar-refractivity contribution in [1.82, 2.24) is 30.4 Å². The van der Waals surface area contributed by atoms with Crippen LogP contribution in [0.2, 0.25) is 0 Å². The van der Waals surface area contributed by atoms with Crippen molar-refractivity contribution in [3.8, 4) is 0 Å². The van der Waals surface area contributed by atoms with Crippen LogP contribution in [0.3, 0.4) is 0 Å². The van der Waals surface area contributed by atoms with Crippen molar-refractivity contribution in [2.75, 3.05) is 52.4 Å². The highest BCUT2D eigenvalue weighted by Gasteiger charge is 2.19. The lowest BCUT2D eigenvalue weighted by Gasteiger charge is -2.10. The Bertz CT molecular complexity index is 1030. The molecule has 2 aromatic carbocycles. The van der Waals surface area contributed by atoms with Crippen LogP contribution in [0.15, 0.2) is 36.4 Å². The van der Waals surface area contributed by atoms with Gasteiger partial charge in [-0.3, -0.25) is 19.4 Å². The summed E-state index contributed by atoms with van der Waals surface area (Å²) in [5, 5.41) is 5.92. The second kappa shape index (κ2) is 7.97. The minimum Gasteiger partial charge on any atom is -0.351 e. The Morgan fingerprint density at radius 3 is 1.57 bits per heavy atom. The van der Waals surface area contributed by atoms with Crippen LogP contribution in [-0.4, -0.2) is 83.9 Å². The van der Waals surface area contributed by atoms with Crippen LogP contribution < -0.4 is 10.6 Å². The predicted octanol–water partition coefficient (Wildman–Crippen LogP) is 0.874. The zero-order chi connectivity index (χ0) is 20.5. The molecule has 2 saturated heterocycles. The molecular weight excluding hydrogens is 380 g/mol. The number of amides is 2. The maximum Gasteiger partial charge on any atom is 0.253 e. The number of aromatic nitrogens is 2. The van der Waals surface area contributed by atoms with Gasteiger partial charge in [0.1, 0.15) is 11.0 Å². The summed E-state index contributed by atoms with van der Waals surface area (Å²) in [7, 11) is 0. The molecule has 1 aromatic heterocycles. The Balaban J connectivity index is 1.42. The summed E-state index contributed by atoms with van der Waals surface area (Å²) >= 11 is 0. The third kappa shape index (κ3) is 4.10. The molecule has 0 saturated carbocycles. The Kier molecular flexibility index (Phi) is 5.02. The highest BCUT2D eigenvalue weighted by Crippen LogP contribution is 2.22. The number of carbonyl (C=O) groups is 2. The first-order valence-electron chi connectivity index (χ1n) is 10.4. The lowest BCUT2D eigenvalue weighted by atomic mass is 10.1. The molecule has 154 valence electrons. The number of nitrogens with zero attached hydrogens (tertiary/aromatic N) is 4. The van der Waals surface area contributed by atoms with E-state index in [1.54, 1.807) is 24.3 Å². The summed E-state index contributed by atoms with van der Waals surface area (Å²) in [4.78, 5) is 39.3. The fourth-order valence-corrected chi connectivity index (χ4v) is 3.52. The van der Waals surface area contributed by atoms with Crippen LogP contribution in [0.25, 0.3) is 22.1 Å². The standard InChI is InChI=1S/C22H24N6O2/c29-21(23-7-9-27-11-12-27)15-3-1-5-17-19(15)26-18-6-2-4-16(20(18)25-17)22(30)24-8-10-28-13-14-28/h1-6H,7-14H2,(H,23,29)(H,24,30). The quantitative estimate of drug-likeness (QED) is 0.428. The molecule has 2 aliphatic rings. The highest BCUT2D eigenvalue weighted by atomic mass is 16.2. The Morgan fingerprint density at radius 2 is 1.17 bits per heavy atom. The van der Waals surface area contributed by atoms with E-state index < -0.39 is 0 Å². The first-order valence-corrected chi connectivity index (χ1v) is 10.4. The number of benzene rings is 2. The van der Waals surface area contributed by atoms with Crippen molar-refractivity contribution < 1.29 is 9.59 Å². The summed E-state index contributed by atoms with van der Waals surface area (Å²) in [6.45, 7) is 7.37. The van der Waals surface area contributed by atoms with E-state index in [0.29, 0.717) is 46.3 Å². The summed E-state index contributed by atoms with van der Waals surface area (Å²) < 4.78 is 0. The largest absolute Gasteiger partial charge is 0.351 e. The second-order valence-corrected chi connectivity index (χ2v) is 7.77. The predicted molar refractivity (Wildman–Crippen MR) is 115 cm³/mol. The Hall–Kier alpha value is -3.10. The highest BCUT2D eigenvalue weighted by molar-refractivity contribution is 6.09. The number of para-hydroxylation sites is 2. The van der Waals surface area contributed by atoms with Gasteiger partial charge in [0.05, 0.1) is 22.2 Å². The van der Waals surface area contributed by atoms with Gasteiger partial charge < -0.3 is 10.6 Å². The van der Waals surface area contributed by atoms with Gasteiger partial charge in [0.15, 0.2) is 0 Å². The molecule has 0 atom stereocenters. The molecule has 8 heteroatoms. The first-order chi connectivity index (χ1) is 14.7. The molecule has 30 heavy (non-hydrogen) atoms. The summed E-state index contributed by atoms with van der Waals surface area (Å²) in [5.41, 5.74) is 3.31. The molecule has 3 heterocycles. The normalized spacial score (nSPS) is 16.0. The Labute approximate surface area is 174 Å². The molecule has 0 bridgehead atoms. The first kappa shape index (κ1) is 18.9. The van der Waals surface area contributed by atoms with E-state index in [2.05, 4.69) is 20.4 Å². The van der Waals surface area contributed by atoms with Crippen molar-refractivity contribution >= 4 is 33.9 Å². The van der Waals surface area contributed by atoms with Crippen molar-refractivity contribution in [3.05, 3.63) is 47.5 Å². The van der Waals surface area contributed by atoms with Crippen LogP contribution in [0.5, 0.6) is 0 Å². The molecule has 2 fully saturated rings. The van der Waals surface area contributed by atoms with E-state index in [4.69, 9.17) is 9.97 Å². The van der Waals surface area contributed by atoms with Gasteiger partial charge >= 0.3 is 0 Å². The van der Waals surface area contributed by atoms with Crippen LogP contribution in [0.1, 0.15) is 20.7 Å². The van der Waals surface area contributed by atoms with E-state index in [9.17, 15) is 9.59 Å². The van der Waals surface area contributed by atoms with Crippen molar-refractivity contribution in [2.24, 2.45) is 0 Å². The van der Waals surface area contributed by atoms with Crippen LogP contribution >= 0.6 is 0 Å². The molecule has 0 spiro atoms. The van der Waals surface area contributed by atoms with Crippen LogP contribution in [0, 0.1) is 0 Å². The van der Waals surface area contributed by atoms with E-state index in [1.165, 1.54) is 0 Å². The molecular formula is C22H24N6O2. The molecule has 8 nitrogen and oxygen atoms in total. The van der Waals surface area contributed by atoms with Crippen LogP contribution in [-0.2, 0) is 0 Å². The Morgan fingerprint density at radius 1 is 0.733 bits per heavy atom. The van der Waals surface area contributed by atoms with Gasteiger partial charge in [0.2, 0.25) is 0 Å². The molecule has 0 radical (unpaired) electrons. The number of nitrogens with one attached hydrogen (secondary N) is 2. The third-order valence-corrected chi connectivity index (χ3v) is 5.49. The summed E-state index contributed by atoms with van der Waals surface area (Å²) in [6.07, 6.45) is 0. The van der Waals surface area contributed by atoms with Gasteiger partial charge in [-0.15, -0.1) is 0 Å². The molecule has 0 unspecified atom stereocenters. The van der Waals surface area contributed by atoms with Crippen molar-refractivity contribution in [2.45, 2.75) is 0 Å². The average Bonchev–Trinajstić information content (AvgIpc) is 3.67. The summed E-state index contributed by atoms with van der Waals surface area (Å²) in [6, 6.07) is 10.8. The topological polar surface area (TPSA) is 90.0 Å². The molecule has 2 aliphatic heterocycles. The minimum absolute atomic E-state index is 0.153. The van der Waals surface area contributed by atoms with Gasteiger partial charge in [-0.05, 0) is 24.3 Å². The summed E-state index contributed by atoms with van der Waals surface area (Å²) in [5.74, 6) is -0.305. The molecule has 2 N–H and O–H groups in total. The molecule has 5 rings (SSSR count). The number of hydrogen-bond donors (Lipinski definition) is 2. The van der Waals surface area contributed by atoms with Crippen molar-refractivity contribution in [1.29, 1.82) is 0 Å². The monoisotopic (exact) mass is 404 g/mol. The smallest absolute Gasteiger partial charge is 0.253 e. The molecule has 0 aliphatic carbocycles. The third-order valence-electron chi connectivity index (χ3n) is 5.49. The van der Waals surface area contributed by atoms with Gasteiger partial charge in [0.25, 0.3) is 11.8 Å². The number of hydrogen-bond acceptors (Lipinski definition) is 6. The zero-order valence-electron chi connectivity index (χ0n) is 16.7. The zero-order valence-corrected chi connectivity index (χ0v) is 16.7. The van der Waals surface area contributed by atoms with Crippen molar-refractivity contribution in [3.63, 3.8) is 0 Å². The van der Waals surface area contributed by atoms with E-state index in [-0.39, 0.29) is 11.8 Å². The van der Waals surface area contributed by atoms with E-state index in [0.717, 1.165) is 39.3 Å². The molecule has 2 amide bonds. The maximum absolute atomic E-state index is 12.7. The van der Waals surface area contributed by atoms with E-state index >= 15 is 0 Å². The fourth-order valence-electron chi connectivity index (χ4n) is 3.52. The van der Waals surface area contributed by atoms with Crippen LogP contribution in [0.4, 0.5) is 0 Å². The van der Waals surface area contributed by atoms with E-state index in [1.807, 2.05) is 12.1 Å². The number of carbonyl (C=O) groups excluding carboxylic acids is 2. The fraction of sp³-hybridized carbons (Fsp3) is 0.364. The SMILES string of the molecule is O=C(NCCN1CC1)c1cccc2nc3c(C(=O)NCCN4CC4)cccc3nc12. The average molecular weight is 404 g/mol. The lowest BCUT2D eigenvalue weighted by molar-refractivity contribution is 0.0945. The molecule has 3 aromatic rings.